The molecule has 3 aliphatic rings. The molecule has 1 unspecified atom stereocenters. The molecule has 0 amide bonds. The van der Waals surface area contributed by atoms with E-state index in [4.69, 9.17) is 0 Å². The molecule has 3 rings (SSSR count). The Kier molecular flexibility index (Phi) is 5.58. The quantitative estimate of drug-likeness (QED) is 0.739. The van der Waals surface area contributed by atoms with Gasteiger partial charge in [-0.05, 0) is 50.5 Å². The third-order valence-corrected chi connectivity index (χ3v) is 6.01. The van der Waals surface area contributed by atoms with Crippen molar-refractivity contribution in [2.75, 3.05) is 26.2 Å². The van der Waals surface area contributed by atoms with Crippen LogP contribution in [0.1, 0.15) is 70.6 Å². The van der Waals surface area contributed by atoms with E-state index in [0.717, 1.165) is 6.04 Å². The van der Waals surface area contributed by atoms with Crippen molar-refractivity contribution >= 4 is 0 Å². The lowest BCUT2D eigenvalue weighted by Crippen LogP contribution is -2.50. The van der Waals surface area contributed by atoms with Crippen molar-refractivity contribution in [1.29, 1.82) is 0 Å². The van der Waals surface area contributed by atoms with E-state index in [2.05, 4.69) is 10.2 Å². The van der Waals surface area contributed by atoms with Crippen LogP contribution in [0.4, 0.5) is 0 Å². The summed E-state index contributed by atoms with van der Waals surface area (Å²) in [6.07, 6.45) is 15.0. The van der Waals surface area contributed by atoms with Crippen LogP contribution in [0.3, 0.4) is 0 Å². The highest BCUT2D eigenvalue weighted by molar-refractivity contribution is 4.92. The van der Waals surface area contributed by atoms with Gasteiger partial charge in [-0.3, -0.25) is 4.90 Å². The van der Waals surface area contributed by atoms with Crippen LogP contribution in [0.25, 0.3) is 0 Å². The van der Waals surface area contributed by atoms with Crippen molar-refractivity contribution in [2.45, 2.75) is 82.7 Å². The average molecular weight is 294 g/mol. The summed E-state index contributed by atoms with van der Waals surface area (Å²) in [5.74, 6) is 0. The second kappa shape index (κ2) is 7.43. The SMILES string of the molecule is OCC1CCCCN1CC1(CNC2CC2)CCCCCC1. The first-order valence-electron chi connectivity index (χ1n) is 9.40. The maximum absolute atomic E-state index is 9.70. The molecule has 3 heteroatoms. The lowest BCUT2D eigenvalue weighted by atomic mass is 9.78. The molecule has 1 saturated heterocycles. The number of hydrogen-bond donors (Lipinski definition) is 2. The summed E-state index contributed by atoms with van der Waals surface area (Å²) in [5, 5.41) is 13.5. The molecule has 2 aliphatic carbocycles. The largest absolute Gasteiger partial charge is 0.395 e. The van der Waals surface area contributed by atoms with Gasteiger partial charge in [0, 0.05) is 25.2 Å². The number of aliphatic hydroxyl groups excluding tert-OH is 1. The molecule has 0 bridgehead atoms. The second-order valence-corrected chi connectivity index (χ2v) is 7.87. The Morgan fingerprint density at radius 3 is 2.38 bits per heavy atom. The minimum atomic E-state index is 0.353. The van der Waals surface area contributed by atoms with E-state index in [9.17, 15) is 5.11 Å². The van der Waals surface area contributed by atoms with E-state index in [-0.39, 0.29) is 0 Å². The molecule has 1 aliphatic heterocycles. The molecular formula is C18H34N2O. The molecule has 0 aromatic rings. The van der Waals surface area contributed by atoms with Gasteiger partial charge < -0.3 is 10.4 Å². The molecule has 0 aromatic heterocycles. The van der Waals surface area contributed by atoms with Gasteiger partial charge in [0.1, 0.15) is 0 Å². The van der Waals surface area contributed by atoms with Crippen molar-refractivity contribution in [2.24, 2.45) is 5.41 Å². The van der Waals surface area contributed by atoms with Gasteiger partial charge in [-0.2, -0.15) is 0 Å². The van der Waals surface area contributed by atoms with Gasteiger partial charge in [0.05, 0.1) is 6.61 Å². The highest BCUT2D eigenvalue weighted by Crippen LogP contribution is 2.37. The minimum absolute atomic E-state index is 0.353. The molecule has 0 radical (unpaired) electrons. The van der Waals surface area contributed by atoms with Gasteiger partial charge in [-0.15, -0.1) is 0 Å². The van der Waals surface area contributed by atoms with Crippen LogP contribution in [0.15, 0.2) is 0 Å². The van der Waals surface area contributed by atoms with Gasteiger partial charge in [0.15, 0.2) is 0 Å². The first-order chi connectivity index (χ1) is 10.3. The Morgan fingerprint density at radius 1 is 0.952 bits per heavy atom. The third-order valence-electron chi connectivity index (χ3n) is 6.01. The molecule has 0 spiro atoms. The van der Waals surface area contributed by atoms with Crippen LogP contribution < -0.4 is 5.32 Å². The molecule has 122 valence electrons. The molecular weight excluding hydrogens is 260 g/mol. The standard InChI is InChI=1S/C18H34N2O/c21-13-17-7-3-6-12-20(17)15-18(14-19-16-8-9-16)10-4-1-2-5-11-18/h16-17,19,21H,1-15H2. The summed E-state index contributed by atoms with van der Waals surface area (Å²) in [6.45, 7) is 3.99. The van der Waals surface area contributed by atoms with Crippen LogP contribution in [0, 0.1) is 5.41 Å². The minimum Gasteiger partial charge on any atom is -0.395 e. The van der Waals surface area contributed by atoms with Crippen molar-refractivity contribution in [1.82, 2.24) is 10.2 Å². The maximum Gasteiger partial charge on any atom is 0.0586 e. The van der Waals surface area contributed by atoms with E-state index in [1.54, 1.807) is 0 Å². The van der Waals surface area contributed by atoms with E-state index >= 15 is 0 Å². The third kappa shape index (κ3) is 4.43. The lowest BCUT2D eigenvalue weighted by molar-refractivity contribution is 0.0401. The summed E-state index contributed by atoms with van der Waals surface area (Å²) in [5.41, 5.74) is 0.476. The smallest absolute Gasteiger partial charge is 0.0586 e. The zero-order chi connectivity index (χ0) is 14.5. The Balaban J connectivity index is 1.64. The fourth-order valence-corrected chi connectivity index (χ4v) is 4.42. The Hall–Kier alpha value is -0.120. The van der Waals surface area contributed by atoms with Gasteiger partial charge >= 0.3 is 0 Å². The van der Waals surface area contributed by atoms with Gasteiger partial charge in [-0.25, -0.2) is 0 Å². The Morgan fingerprint density at radius 2 is 1.71 bits per heavy atom. The lowest BCUT2D eigenvalue weighted by Gasteiger charge is -2.43. The van der Waals surface area contributed by atoms with Crippen LogP contribution in [-0.4, -0.2) is 48.3 Å². The van der Waals surface area contributed by atoms with Crippen LogP contribution in [-0.2, 0) is 0 Å². The molecule has 3 nitrogen and oxygen atoms in total. The number of nitrogens with one attached hydrogen (secondary N) is 1. The monoisotopic (exact) mass is 294 g/mol. The number of nitrogens with zero attached hydrogens (tertiary/aromatic N) is 1. The summed E-state index contributed by atoms with van der Waals surface area (Å²) >= 11 is 0. The second-order valence-electron chi connectivity index (χ2n) is 7.87. The topological polar surface area (TPSA) is 35.5 Å². The summed E-state index contributed by atoms with van der Waals surface area (Å²) in [7, 11) is 0. The van der Waals surface area contributed by atoms with Crippen molar-refractivity contribution in [3.8, 4) is 0 Å². The molecule has 1 atom stereocenters. The van der Waals surface area contributed by atoms with E-state index < -0.39 is 0 Å². The highest BCUT2D eigenvalue weighted by atomic mass is 16.3. The molecule has 3 fully saturated rings. The van der Waals surface area contributed by atoms with Crippen molar-refractivity contribution < 1.29 is 5.11 Å². The molecule has 1 heterocycles. The van der Waals surface area contributed by atoms with E-state index in [1.165, 1.54) is 90.3 Å². The van der Waals surface area contributed by atoms with Crippen LogP contribution in [0.2, 0.25) is 0 Å². The molecule has 0 aromatic carbocycles. The summed E-state index contributed by atoms with van der Waals surface area (Å²) in [4.78, 5) is 2.63. The first kappa shape index (κ1) is 15.8. The number of aliphatic hydroxyl groups is 1. The Bertz CT molecular complexity index is 308. The molecule has 21 heavy (non-hydrogen) atoms. The fourth-order valence-electron chi connectivity index (χ4n) is 4.42. The normalized spacial score (nSPS) is 31.0. The van der Waals surface area contributed by atoms with Crippen LogP contribution in [0.5, 0.6) is 0 Å². The van der Waals surface area contributed by atoms with Crippen LogP contribution >= 0.6 is 0 Å². The fraction of sp³-hybridized carbons (Fsp3) is 1.00. The van der Waals surface area contributed by atoms with Crippen molar-refractivity contribution in [3.63, 3.8) is 0 Å². The molecule has 2 N–H and O–H groups in total. The Labute approximate surface area is 130 Å². The maximum atomic E-state index is 9.70. The number of hydrogen-bond acceptors (Lipinski definition) is 3. The predicted octanol–water partition coefficient (Wildman–Crippen LogP) is 2.93. The van der Waals surface area contributed by atoms with Crippen molar-refractivity contribution in [3.05, 3.63) is 0 Å². The van der Waals surface area contributed by atoms with Gasteiger partial charge in [-0.1, -0.05) is 32.1 Å². The van der Waals surface area contributed by atoms with Gasteiger partial charge in [0.2, 0.25) is 0 Å². The zero-order valence-electron chi connectivity index (χ0n) is 13.7. The number of piperidine rings is 1. The molecule has 2 saturated carbocycles. The van der Waals surface area contributed by atoms with E-state index in [0.29, 0.717) is 18.1 Å². The highest BCUT2D eigenvalue weighted by Gasteiger charge is 2.36. The van der Waals surface area contributed by atoms with Gasteiger partial charge in [0.25, 0.3) is 0 Å². The zero-order valence-corrected chi connectivity index (χ0v) is 13.7. The average Bonchev–Trinajstić information content (AvgIpc) is 3.34. The number of likely N-dealkylation sites (tertiary alicyclic amines) is 1. The number of rotatable bonds is 6. The summed E-state index contributed by atoms with van der Waals surface area (Å²) in [6, 6.07) is 1.25. The summed E-state index contributed by atoms with van der Waals surface area (Å²) < 4.78 is 0. The first-order valence-corrected chi connectivity index (χ1v) is 9.40. The predicted molar refractivity (Wildman–Crippen MR) is 87.5 cm³/mol. The van der Waals surface area contributed by atoms with E-state index in [1.807, 2.05) is 0 Å².